The second-order valence-corrected chi connectivity index (χ2v) is 4.09. The van der Waals surface area contributed by atoms with E-state index in [0.717, 1.165) is 5.56 Å². The molecule has 20 heavy (non-hydrogen) atoms. The van der Waals surface area contributed by atoms with Gasteiger partial charge in [0.25, 0.3) is 5.91 Å². The summed E-state index contributed by atoms with van der Waals surface area (Å²) in [6, 6.07) is 12.4. The van der Waals surface area contributed by atoms with Crippen LogP contribution in [0.3, 0.4) is 0 Å². The van der Waals surface area contributed by atoms with E-state index >= 15 is 0 Å². The van der Waals surface area contributed by atoms with Crippen LogP contribution in [0.5, 0.6) is 0 Å². The number of ether oxygens (including phenoxy) is 1. The van der Waals surface area contributed by atoms with Gasteiger partial charge in [-0.2, -0.15) is 5.26 Å². The number of pyridine rings is 1. The summed E-state index contributed by atoms with van der Waals surface area (Å²) < 4.78 is 5.08. The first-order valence-corrected chi connectivity index (χ1v) is 5.99. The summed E-state index contributed by atoms with van der Waals surface area (Å²) in [7, 11) is 1.60. The van der Waals surface area contributed by atoms with Crippen molar-refractivity contribution in [2.75, 3.05) is 12.4 Å². The fourth-order valence-electron chi connectivity index (χ4n) is 1.70. The van der Waals surface area contributed by atoms with Crippen LogP contribution in [0.1, 0.15) is 21.6 Å². The molecule has 1 aromatic heterocycles. The van der Waals surface area contributed by atoms with Crippen LogP contribution in [0.15, 0.2) is 42.6 Å². The molecule has 5 nitrogen and oxygen atoms in total. The van der Waals surface area contributed by atoms with Gasteiger partial charge in [-0.15, -0.1) is 0 Å². The van der Waals surface area contributed by atoms with Gasteiger partial charge in [-0.25, -0.2) is 4.98 Å². The molecule has 1 N–H and O–H groups in total. The zero-order valence-electron chi connectivity index (χ0n) is 11.0. The number of amides is 1. The number of benzene rings is 1. The van der Waals surface area contributed by atoms with Crippen molar-refractivity contribution in [3.63, 3.8) is 0 Å². The molecule has 1 aromatic carbocycles. The molecule has 0 bridgehead atoms. The summed E-state index contributed by atoms with van der Waals surface area (Å²) in [6.45, 7) is 0.414. The van der Waals surface area contributed by atoms with E-state index < -0.39 is 0 Å². The lowest BCUT2D eigenvalue weighted by Gasteiger charge is -2.10. The minimum atomic E-state index is -0.321. The number of carbonyl (C=O) groups excluding carboxylic acids is 1. The normalized spacial score (nSPS) is 9.80. The van der Waals surface area contributed by atoms with E-state index in [-0.39, 0.29) is 11.6 Å². The lowest BCUT2D eigenvalue weighted by Crippen LogP contribution is -2.15. The maximum Gasteiger partial charge on any atom is 0.274 e. The van der Waals surface area contributed by atoms with Gasteiger partial charge in [-0.05, 0) is 18.2 Å². The van der Waals surface area contributed by atoms with Gasteiger partial charge in [0.15, 0.2) is 0 Å². The number of nitriles is 1. The van der Waals surface area contributed by atoms with Crippen molar-refractivity contribution in [2.45, 2.75) is 6.61 Å². The highest BCUT2D eigenvalue weighted by Gasteiger charge is 2.10. The van der Waals surface area contributed by atoms with Gasteiger partial charge < -0.3 is 10.1 Å². The maximum absolute atomic E-state index is 12.1. The molecule has 0 aliphatic heterocycles. The van der Waals surface area contributed by atoms with E-state index in [2.05, 4.69) is 10.3 Å². The van der Waals surface area contributed by atoms with Crippen LogP contribution in [0, 0.1) is 11.3 Å². The van der Waals surface area contributed by atoms with Crippen LogP contribution in [0.4, 0.5) is 5.69 Å². The number of methoxy groups -OCH3 is 1. The third kappa shape index (κ3) is 3.19. The van der Waals surface area contributed by atoms with E-state index in [1.165, 1.54) is 12.3 Å². The Balaban J connectivity index is 2.17. The average Bonchev–Trinajstić information content (AvgIpc) is 2.49. The minimum absolute atomic E-state index is 0.260. The molecule has 0 saturated heterocycles. The number of rotatable bonds is 4. The van der Waals surface area contributed by atoms with Crippen molar-refractivity contribution in [3.05, 3.63) is 59.4 Å². The minimum Gasteiger partial charge on any atom is -0.380 e. The smallest absolute Gasteiger partial charge is 0.274 e. The molecule has 2 aromatic rings. The number of carbonyl (C=O) groups is 1. The molecule has 0 aliphatic carbocycles. The number of hydrogen-bond donors (Lipinski definition) is 1. The van der Waals surface area contributed by atoms with E-state index in [1.807, 2.05) is 24.3 Å². The lowest BCUT2D eigenvalue weighted by atomic mass is 10.2. The number of anilines is 1. The van der Waals surface area contributed by atoms with Crippen molar-refractivity contribution in [1.82, 2.24) is 4.98 Å². The Labute approximate surface area is 116 Å². The summed E-state index contributed by atoms with van der Waals surface area (Å²) in [5.74, 6) is -0.321. The van der Waals surface area contributed by atoms with Gasteiger partial charge >= 0.3 is 0 Å². The fraction of sp³-hybridized carbons (Fsp3) is 0.133. The highest BCUT2D eigenvalue weighted by molar-refractivity contribution is 6.03. The van der Waals surface area contributed by atoms with E-state index in [9.17, 15) is 4.79 Å². The highest BCUT2D eigenvalue weighted by atomic mass is 16.5. The largest absolute Gasteiger partial charge is 0.380 e. The standard InChI is InChI=1S/C15H13N3O2/c1-20-10-12-4-2-3-5-13(12)18-15(19)14-7-6-11(8-16)9-17-14/h2-7,9H,10H2,1H3,(H,18,19). The quantitative estimate of drug-likeness (QED) is 0.922. The fourth-order valence-corrected chi connectivity index (χ4v) is 1.70. The van der Waals surface area contributed by atoms with Crippen LogP contribution >= 0.6 is 0 Å². The van der Waals surface area contributed by atoms with E-state index in [1.54, 1.807) is 19.2 Å². The van der Waals surface area contributed by atoms with Crippen LogP contribution in [0.2, 0.25) is 0 Å². The van der Waals surface area contributed by atoms with Crippen molar-refractivity contribution in [3.8, 4) is 6.07 Å². The average molecular weight is 267 g/mol. The van der Waals surface area contributed by atoms with Crippen LogP contribution in [0.25, 0.3) is 0 Å². The van der Waals surface area contributed by atoms with Gasteiger partial charge in [0.1, 0.15) is 11.8 Å². The predicted molar refractivity (Wildman–Crippen MR) is 74.1 cm³/mol. The number of nitrogens with zero attached hydrogens (tertiary/aromatic N) is 2. The predicted octanol–water partition coefficient (Wildman–Crippen LogP) is 2.35. The number of nitrogens with one attached hydrogen (secondary N) is 1. The summed E-state index contributed by atoms with van der Waals surface area (Å²) in [5, 5.41) is 11.5. The van der Waals surface area contributed by atoms with Gasteiger partial charge in [-0.3, -0.25) is 4.79 Å². The van der Waals surface area contributed by atoms with Gasteiger partial charge in [-0.1, -0.05) is 18.2 Å². The number of aromatic nitrogens is 1. The second kappa shape index (κ2) is 6.45. The molecule has 100 valence electrons. The van der Waals surface area contributed by atoms with Gasteiger partial charge in [0.2, 0.25) is 0 Å². The molecule has 0 fully saturated rings. The number of hydrogen-bond acceptors (Lipinski definition) is 4. The van der Waals surface area contributed by atoms with Crippen molar-refractivity contribution < 1.29 is 9.53 Å². The van der Waals surface area contributed by atoms with Crippen molar-refractivity contribution in [2.24, 2.45) is 0 Å². The zero-order valence-corrected chi connectivity index (χ0v) is 11.0. The number of para-hydroxylation sites is 1. The second-order valence-electron chi connectivity index (χ2n) is 4.09. The maximum atomic E-state index is 12.1. The highest BCUT2D eigenvalue weighted by Crippen LogP contribution is 2.16. The SMILES string of the molecule is COCc1ccccc1NC(=O)c1ccc(C#N)cn1. The summed E-state index contributed by atoms with van der Waals surface area (Å²) >= 11 is 0. The Morgan fingerprint density at radius 2 is 2.15 bits per heavy atom. The third-order valence-corrected chi connectivity index (χ3v) is 2.69. The monoisotopic (exact) mass is 267 g/mol. The van der Waals surface area contributed by atoms with Crippen molar-refractivity contribution >= 4 is 11.6 Å². The molecule has 5 heteroatoms. The van der Waals surface area contributed by atoms with E-state index in [4.69, 9.17) is 10.00 Å². The first-order chi connectivity index (χ1) is 9.74. The molecule has 0 atom stereocenters. The summed E-state index contributed by atoms with van der Waals surface area (Å²) in [6.07, 6.45) is 1.37. The summed E-state index contributed by atoms with van der Waals surface area (Å²) in [5.41, 5.74) is 2.25. The molecule has 0 unspecified atom stereocenters. The Morgan fingerprint density at radius 1 is 1.35 bits per heavy atom. The Hall–Kier alpha value is -2.71. The first kappa shape index (κ1) is 13.7. The zero-order chi connectivity index (χ0) is 14.4. The molecule has 1 heterocycles. The molecule has 0 radical (unpaired) electrons. The Morgan fingerprint density at radius 3 is 2.80 bits per heavy atom. The molecule has 0 spiro atoms. The molecule has 0 saturated carbocycles. The Kier molecular flexibility index (Phi) is 4.43. The third-order valence-electron chi connectivity index (χ3n) is 2.69. The van der Waals surface area contributed by atoms with E-state index in [0.29, 0.717) is 17.9 Å². The van der Waals surface area contributed by atoms with Crippen LogP contribution in [-0.2, 0) is 11.3 Å². The first-order valence-electron chi connectivity index (χ1n) is 5.99. The lowest BCUT2D eigenvalue weighted by molar-refractivity contribution is 0.102. The molecule has 0 aliphatic rings. The molecule has 2 rings (SSSR count). The molecular weight excluding hydrogens is 254 g/mol. The topological polar surface area (TPSA) is 75.0 Å². The molecular formula is C15H13N3O2. The summed E-state index contributed by atoms with van der Waals surface area (Å²) in [4.78, 5) is 16.0. The van der Waals surface area contributed by atoms with Crippen LogP contribution in [-0.4, -0.2) is 18.0 Å². The van der Waals surface area contributed by atoms with Gasteiger partial charge in [0.05, 0.1) is 12.2 Å². The van der Waals surface area contributed by atoms with Crippen molar-refractivity contribution in [1.29, 1.82) is 5.26 Å². The molecule has 1 amide bonds. The van der Waals surface area contributed by atoms with Gasteiger partial charge in [0, 0.05) is 24.6 Å². The van der Waals surface area contributed by atoms with Crippen LogP contribution < -0.4 is 5.32 Å². The Bertz CT molecular complexity index is 645.